The van der Waals surface area contributed by atoms with Gasteiger partial charge in [-0.15, -0.1) is 0 Å². The van der Waals surface area contributed by atoms with E-state index in [0.29, 0.717) is 39.5 Å². The number of nitrogens with zero attached hydrogens (tertiary/aromatic N) is 1. The van der Waals surface area contributed by atoms with Gasteiger partial charge in [-0.05, 0) is 75.9 Å². The minimum absolute atomic E-state index is 0.137. The SMILES string of the molecule is C=C1CC[C@H](OCOCc2ccccc2)[C@@]2(C)CC(C#N)(OCCOCC)C3=C(C)CC[C@@](O[Si](C)(C)C)([C@@H](OCc4ccccc4)[C@H]12)C3(C)C. The van der Waals surface area contributed by atoms with Gasteiger partial charge < -0.3 is 28.1 Å². The van der Waals surface area contributed by atoms with Gasteiger partial charge in [-0.3, -0.25) is 0 Å². The second-order valence-corrected chi connectivity index (χ2v) is 21.0. The Labute approximate surface area is 308 Å². The minimum atomic E-state index is -2.23. The van der Waals surface area contributed by atoms with Crippen molar-refractivity contribution in [1.82, 2.24) is 0 Å². The Bertz CT molecular complexity index is 1550. The van der Waals surface area contributed by atoms with Gasteiger partial charge in [0.25, 0.3) is 0 Å². The van der Waals surface area contributed by atoms with Crippen molar-refractivity contribution in [3.05, 3.63) is 95.1 Å². The van der Waals surface area contributed by atoms with Crippen LogP contribution in [0.15, 0.2) is 84.0 Å². The van der Waals surface area contributed by atoms with Crippen molar-refractivity contribution >= 4 is 8.32 Å². The quantitative estimate of drug-likeness (QED) is 0.0787. The molecule has 3 aliphatic rings. The van der Waals surface area contributed by atoms with Gasteiger partial charge in [-0.1, -0.05) is 99.2 Å². The minimum Gasteiger partial charge on any atom is -0.409 e. The summed E-state index contributed by atoms with van der Waals surface area (Å²) in [5, 5.41) is 11.5. The third-order valence-corrected chi connectivity index (χ3v) is 12.6. The van der Waals surface area contributed by atoms with Gasteiger partial charge in [0.2, 0.25) is 0 Å². The van der Waals surface area contributed by atoms with Crippen molar-refractivity contribution in [3.8, 4) is 6.07 Å². The van der Waals surface area contributed by atoms with Crippen molar-refractivity contribution in [2.75, 3.05) is 26.6 Å². The smallest absolute Gasteiger partial charge is 0.184 e. The second-order valence-electron chi connectivity index (χ2n) is 16.6. The van der Waals surface area contributed by atoms with Crippen LogP contribution in [-0.2, 0) is 41.3 Å². The fourth-order valence-corrected chi connectivity index (χ4v) is 11.2. The van der Waals surface area contributed by atoms with Crippen LogP contribution in [0.4, 0.5) is 0 Å². The lowest BCUT2D eigenvalue weighted by molar-refractivity contribution is -0.239. The molecule has 0 aromatic heterocycles. The van der Waals surface area contributed by atoms with Crippen LogP contribution in [0.1, 0.15) is 77.8 Å². The van der Waals surface area contributed by atoms with Crippen LogP contribution in [0.2, 0.25) is 19.6 Å². The molecule has 3 aliphatic carbocycles. The number of fused-ring (bicyclic) bond motifs is 3. The molecule has 2 fully saturated rings. The van der Waals surface area contributed by atoms with Gasteiger partial charge >= 0.3 is 0 Å². The fourth-order valence-electron chi connectivity index (χ4n) is 9.63. The molecule has 8 heteroatoms. The van der Waals surface area contributed by atoms with E-state index in [-0.39, 0.29) is 24.9 Å². The molecule has 0 heterocycles. The maximum absolute atomic E-state index is 11.5. The molecule has 0 spiro atoms. The molecule has 0 saturated heterocycles. The Morgan fingerprint density at radius 1 is 0.882 bits per heavy atom. The van der Waals surface area contributed by atoms with Gasteiger partial charge in [0.05, 0.1) is 44.2 Å². The Morgan fingerprint density at radius 3 is 2.14 bits per heavy atom. The van der Waals surface area contributed by atoms with Crippen LogP contribution in [0.3, 0.4) is 0 Å². The molecule has 0 aliphatic heterocycles. The van der Waals surface area contributed by atoms with E-state index in [2.05, 4.69) is 89.8 Å². The first kappa shape index (κ1) is 39.6. The van der Waals surface area contributed by atoms with E-state index in [9.17, 15) is 5.26 Å². The van der Waals surface area contributed by atoms with Crippen molar-refractivity contribution in [2.45, 2.75) is 123 Å². The summed E-state index contributed by atoms with van der Waals surface area (Å²) in [5.41, 5.74) is 2.26. The lowest BCUT2D eigenvalue weighted by Gasteiger charge is -2.66. The first-order valence-corrected chi connectivity index (χ1v) is 22.2. The number of hydrogen-bond donors (Lipinski definition) is 0. The van der Waals surface area contributed by atoms with Crippen LogP contribution in [0.5, 0.6) is 0 Å². The maximum Gasteiger partial charge on any atom is 0.184 e. The molecule has 5 rings (SSSR count). The highest BCUT2D eigenvalue weighted by atomic mass is 28.4. The monoisotopic (exact) mass is 715 g/mol. The second kappa shape index (κ2) is 16.2. The summed E-state index contributed by atoms with van der Waals surface area (Å²) in [5.74, 6) is -0.187. The summed E-state index contributed by atoms with van der Waals surface area (Å²) in [7, 11) is -2.23. The molecule has 2 aromatic rings. The molecule has 278 valence electrons. The van der Waals surface area contributed by atoms with E-state index >= 15 is 0 Å². The van der Waals surface area contributed by atoms with Crippen LogP contribution in [0, 0.1) is 28.1 Å². The van der Waals surface area contributed by atoms with Crippen LogP contribution < -0.4 is 0 Å². The molecule has 51 heavy (non-hydrogen) atoms. The van der Waals surface area contributed by atoms with E-state index in [1.165, 1.54) is 5.57 Å². The highest BCUT2D eigenvalue weighted by Gasteiger charge is 2.69. The first-order chi connectivity index (χ1) is 24.2. The molecule has 2 bridgehead atoms. The number of rotatable bonds is 15. The lowest BCUT2D eigenvalue weighted by Crippen LogP contribution is -2.71. The topological polar surface area (TPSA) is 79.2 Å². The number of benzene rings is 2. The molecule has 0 N–H and O–H groups in total. The zero-order chi connectivity index (χ0) is 36.9. The van der Waals surface area contributed by atoms with E-state index in [1.807, 2.05) is 31.2 Å². The Morgan fingerprint density at radius 2 is 1.53 bits per heavy atom. The predicted octanol–water partition coefficient (Wildman–Crippen LogP) is 9.55. The largest absolute Gasteiger partial charge is 0.409 e. The molecule has 2 aromatic carbocycles. The van der Waals surface area contributed by atoms with Crippen molar-refractivity contribution in [1.29, 1.82) is 5.26 Å². The van der Waals surface area contributed by atoms with Crippen LogP contribution >= 0.6 is 0 Å². The Balaban J connectivity index is 1.67. The van der Waals surface area contributed by atoms with Crippen molar-refractivity contribution < 1.29 is 28.1 Å². The third kappa shape index (κ3) is 8.16. The highest BCUT2D eigenvalue weighted by molar-refractivity contribution is 6.69. The van der Waals surface area contributed by atoms with Gasteiger partial charge in [0, 0.05) is 29.8 Å². The number of allylic oxidation sites excluding steroid dienone is 1. The summed E-state index contributed by atoms with van der Waals surface area (Å²) >= 11 is 0. The van der Waals surface area contributed by atoms with E-state index in [0.717, 1.165) is 48.0 Å². The van der Waals surface area contributed by atoms with Crippen molar-refractivity contribution in [2.24, 2.45) is 16.7 Å². The fraction of sp³-hybridized carbons (Fsp3) is 0.605. The van der Waals surface area contributed by atoms with Gasteiger partial charge in [-0.2, -0.15) is 5.26 Å². The maximum atomic E-state index is 11.5. The Hall–Kier alpha value is -2.61. The van der Waals surface area contributed by atoms with E-state index in [4.69, 9.17) is 34.7 Å². The van der Waals surface area contributed by atoms with Gasteiger partial charge in [0.1, 0.15) is 12.9 Å². The molecule has 7 nitrogen and oxygen atoms in total. The predicted molar refractivity (Wildman–Crippen MR) is 204 cm³/mol. The first-order valence-electron chi connectivity index (χ1n) is 18.8. The zero-order valence-electron chi connectivity index (χ0n) is 32.4. The normalized spacial score (nSPS) is 30.6. The highest BCUT2D eigenvalue weighted by Crippen LogP contribution is 2.65. The average molecular weight is 716 g/mol. The molecular formula is C43H61NO6Si. The number of nitriles is 1. The molecule has 0 radical (unpaired) electrons. The summed E-state index contributed by atoms with van der Waals surface area (Å²) in [4.78, 5) is 0. The summed E-state index contributed by atoms with van der Waals surface area (Å²) < 4.78 is 40.6. The van der Waals surface area contributed by atoms with E-state index < -0.39 is 30.3 Å². The van der Waals surface area contributed by atoms with Crippen LogP contribution in [-0.4, -0.2) is 58.3 Å². The van der Waals surface area contributed by atoms with Gasteiger partial charge in [0.15, 0.2) is 13.9 Å². The summed E-state index contributed by atoms with van der Waals surface area (Å²) in [6, 6.07) is 23.3. The molecule has 2 saturated carbocycles. The number of hydrogen-bond acceptors (Lipinski definition) is 7. The molecule has 1 unspecified atom stereocenters. The summed E-state index contributed by atoms with van der Waals surface area (Å²) in [6.45, 7) is 24.9. The zero-order valence-corrected chi connectivity index (χ0v) is 33.4. The average Bonchev–Trinajstić information content (AvgIpc) is 3.08. The van der Waals surface area contributed by atoms with Gasteiger partial charge in [-0.25, -0.2) is 0 Å². The molecule has 0 amide bonds. The standard InChI is InChI=1S/C43H61NO6Si/c1-10-45-25-26-49-42(30-44)29-41(6)36(48-31-46-27-34-17-13-11-14-18-34)22-21-32(2)37(41)39(47-28-35-19-15-12-16-20-35)43(50-51(7,8)9)24-23-33(3)38(42)40(43,4)5/h11-20,36-37,39H,2,10,21-29,31H2,1,3-9H3/t36-,37-,39-,41+,42?,43+/m0/s1. The lowest BCUT2D eigenvalue weighted by atomic mass is 9.46. The Kier molecular flexibility index (Phi) is 12.6. The number of ether oxygens (including phenoxy) is 5. The van der Waals surface area contributed by atoms with Crippen molar-refractivity contribution in [3.63, 3.8) is 0 Å². The molecule has 6 atom stereocenters. The molecular weight excluding hydrogens is 655 g/mol. The third-order valence-electron chi connectivity index (χ3n) is 11.6. The van der Waals surface area contributed by atoms with Crippen LogP contribution in [0.25, 0.3) is 0 Å². The summed E-state index contributed by atoms with van der Waals surface area (Å²) in [6.07, 6.45) is 2.90. The van der Waals surface area contributed by atoms with E-state index in [1.54, 1.807) is 0 Å².